The average Bonchev–Trinajstić information content (AvgIpc) is 2.66. The fourth-order valence-electron chi connectivity index (χ4n) is 1.70. The zero-order valence-corrected chi connectivity index (χ0v) is 12.2. The molecule has 0 saturated heterocycles. The minimum absolute atomic E-state index is 0.108. The predicted molar refractivity (Wildman–Crippen MR) is 78.1 cm³/mol. The average molecular weight is 296 g/mol. The van der Waals surface area contributed by atoms with Crippen LogP contribution in [0.3, 0.4) is 0 Å². The number of hydrogen-bond acceptors (Lipinski definition) is 3. The van der Waals surface area contributed by atoms with E-state index in [4.69, 9.17) is 11.6 Å². The van der Waals surface area contributed by atoms with Gasteiger partial charge in [-0.3, -0.25) is 4.79 Å². The lowest BCUT2D eigenvalue weighted by atomic mass is 10.2. The van der Waals surface area contributed by atoms with Crippen LogP contribution in [0.15, 0.2) is 24.3 Å². The number of thiophene rings is 1. The summed E-state index contributed by atoms with van der Waals surface area (Å²) in [5.74, 6) is -0.415. The van der Waals surface area contributed by atoms with Crippen LogP contribution in [-0.2, 0) is 6.54 Å². The molecule has 0 aliphatic rings. The Hall–Kier alpha value is -1.52. The molecule has 3 nitrogen and oxygen atoms in total. The number of halogens is 1. The molecule has 0 aliphatic heterocycles. The van der Waals surface area contributed by atoms with Gasteiger partial charge in [0.1, 0.15) is 5.75 Å². The van der Waals surface area contributed by atoms with E-state index < -0.39 is 0 Å². The van der Waals surface area contributed by atoms with Crippen molar-refractivity contribution >= 4 is 28.8 Å². The minimum atomic E-state index is -0.308. The fourth-order valence-corrected chi connectivity index (χ4v) is 2.86. The first-order valence-corrected chi connectivity index (χ1v) is 6.99. The number of aromatic hydroxyl groups is 1. The second kappa shape index (κ2) is 5.63. The van der Waals surface area contributed by atoms with Crippen LogP contribution in [0, 0.1) is 13.8 Å². The second-order valence-corrected chi connectivity index (χ2v) is 6.07. The molecule has 2 aromatic rings. The number of benzene rings is 1. The maximum atomic E-state index is 11.9. The molecule has 1 aromatic heterocycles. The van der Waals surface area contributed by atoms with Crippen molar-refractivity contribution in [3.05, 3.63) is 50.2 Å². The van der Waals surface area contributed by atoms with E-state index in [-0.39, 0.29) is 17.2 Å². The largest absolute Gasteiger partial charge is 0.507 e. The standard InChI is InChI=1S/C14H14ClNO2S/c1-8-5-11(19-9(8)2)7-16-14(18)12-4-3-10(15)6-13(12)17/h3-6,17H,7H2,1-2H3,(H,16,18). The van der Waals surface area contributed by atoms with Gasteiger partial charge in [-0.1, -0.05) is 11.6 Å². The Morgan fingerprint density at radius 2 is 2.11 bits per heavy atom. The van der Waals surface area contributed by atoms with Crippen molar-refractivity contribution in [1.29, 1.82) is 0 Å². The van der Waals surface area contributed by atoms with Crippen LogP contribution in [0.1, 0.15) is 25.7 Å². The first-order valence-electron chi connectivity index (χ1n) is 5.80. The van der Waals surface area contributed by atoms with E-state index in [9.17, 15) is 9.90 Å². The molecule has 19 heavy (non-hydrogen) atoms. The Morgan fingerprint density at radius 3 is 2.68 bits per heavy atom. The van der Waals surface area contributed by atoms with Gasteiger partial charge in [-0.2, -0.15) is 0 Å². The summed E-state index contributed by atoms with van der Waals surface area (Å²) in [5.41, 5.74) is 1.46. The molecule has 0 saturated carbocycles. The quantitative estimate of drug-likeness (QED) is 0.908. The number of phenolic OH excluding ortho intramolecular Hbond substituents is 1. The number of carbonyl (C=O) groups is 1. The lowest BCUT2D eigenvalue weighted by Gasteiger charge is -2.06. The van der Waals surface area contributed by atoms with Crippen LogP contribution in [-0.4, -0.2) is 11.0 Å². The third kappa shape index (κ3) is 3.28. The van der Waals surface area contributed by atoms with Crippen molar-refractivity contribution in [1.82, 2.24) is 5.32 Å². The van der Waals surface area contributed by atoms with Crippen LogP contribution in [0.4, 0.5) is 0 Å². The number of rotatable bonds is 3. The van der Waals surface area contributed by atoms with Crippen molar-refractivity contribution in [2.75, 3.05) is 0 Å². The molecular weight excluding hydrogens is 282 g/mol. The summed E-state index contributed by atoms with van der Waals surface area (Å²) in [6.07, 6.45) is 0. The lowest BCUT2D eigenvalue weighted by Crippen LogP contribution is -2.22. The molecule has 1 amide bonds. The molecule has 1 aromatic carbocycles. The zero-order valence-electron chi connectivity index (χ0n) is 10.7. The molecule has 2 N–H and O–H groups in total. The van der Waals surface area contributed by atoms with Gasteiger partial charge < -0.3 is 10.4 Å². The molecule has 1 heterocycles. The highest BCUT2D eigenvalue weighted by Crippen LogP contribution is 2.23. The summed E-state index contributed by atoms with van der Waals surface area (Å²) in [4.78, 5) is 14.3. The van der Waals surface area contributed by atoms with Gasteiger partial charge in [0, 0.05) is 14.8 Å². The Balaban J connectivity index is 2.05. The molecule has 0 aliphatic carbocycles. The van der Waals surface area contributed by atoms with E-state index in [2.05, 4.69) is 18.3 Å². The highest BCUT2D eigenvalue weighted by molar-refractivity contribution is 7.12. The Morgan fingerprint density at radius 1 is 1.37 bits per heavy atom. The van der Waals surface area contributed by atoms with Crippen molar-refractivity contribution in [2.45, 2.75) is 20.4 Å². The van der Waals surface area contributed by atoms with Gasteiger partial charge in [0.05, 0.1) is 12.1 Å². The van der Waals surface area contributed by atoms with Crippen molar-refractivity contribution < 1.29 is 9.90 Å². The number of nitrogens with one attached hydrogen (secondary N) is 1. The molecule has 0 fully saturated rings. The van der Waals surface area contributed by atoms with Gasteiger partial charge in [0.15, 0.2) is 0 Å². The van der Waals surface area contributed by atoms with Gasteiger partial charge in [0.2, 0.25) is 0 Å². The van der Waals surface area contributed by atoms with Gasteiger partial charge in [0.25, 0.3) is 5.91 Å². The zero-order chi connectivity index (χ0) is 14.0. The van der Waals surface area contributed by atoms with Crippen molar-refractivity contribution in [3.63, 3.8) is 0 Å². The molecule has 0 unspecified atom stereocenters. The molecule has 2 rings (SSSR count). The molecule has 0 spiro atoms. The van der Waals surface area contributed by atoms with Gasteiger partial charge in [-0.15, -0.1) is 11.3 Å². The van der Waals surface area contributed by atoms with Crippen molar-refractivity contribution in [3.8, 4) is 5.75 Å². The Bertz CT molecular complexity index is 602. The van der Waals surface area contributed by atoms with Gasteiger partial charge in [-0.25, -0.2) is 0 Å². The molecule has 100 valence electrons. The number of aryl methyl sites for hydroxylation is 2. The molecule has 0 bridgehead atoms. The number of hydrogen-bond donors (Lipinski definition) is 2. The molecule has 0 radical (unpaired) electrons. The second-order valence-electron chi connectivity index (χ2n) is 4.30. The Kier molecular flexibility index (Phi) is 4.12. The number of amides is 1. The molecular formula is C14H14ClNO2S. The maximum absolute atomic E-state index is 11.9. The van der Waals surface area contributed by atoms with E-state index >= 15 is 0 Å². The van der Waals surface area contributed by atoms with E-state index in [1.807, 2.05) is 6.92 Å². The van der Waals surface area contributed by atoms with Crippen LogP contribution in [0.25, 0.3) is 0 Å². The first kappa shape index (κ1) is 13.9. The van der Waals surface area contributed by atoms with Gasteiger partial charge >= 0.3 is 0 Å². The van der Waals surface area contributed by atoms with Crippen LogP contribution in [0.5, 0.6) is 5.75 Å². The summed E-state index contributed by atoms with van der Waals surface area (Å²) in [7, 11) is 0. The summed E-state index contributed by atoms with van der Waals surface area (Å²) >= 11 is 7.38. The monoisotopic (exact) mass is 295 g/mol. The Labute approximate surface area is 120 Å². The van der Waals surface area contributed by atoms with Crippen LogP contribution >= 0.6 is 22.9 Å². The van der Waals surface area contributed by atoms with E-state index in [0.29, 0.717) is 11.6 Å². The maximum Gasteiger partial charge on any atom is 0.255 e. The highest BCUT2D eigenvalue weighted by Gasteiger charge is 2.11. The van der Waals surface area contributed by atoms with E-state index in [1.54, 1.807) is 17.4 Å². The van der Waals surface area contributed by atoms with Gasteiger partial charge in [-0.05, 0) is 43.7 Å². The summed E-state index contributed by atoms with van der Waals surface area (Å²) in [6, 6.07) is 6.51. The third-order valence-corrected chi connectivity index (χ3v) is 4.23. The molecule has 5 heteroatoms. The number of phenols is 1. The van der Waals surface area contributed by atoms with Crippen LogP contribution in [0.2, 0.25) is 5.02 Å². The minimum Gasteiger partial charge on any atom is -0.507 e. The predicted octanol–water partition coefficient (Wildman–Crippen LogP) is 3.65. The fraction of sp³-hybridized carbons (Fsp3) is 0.214. The first-order chi connectivity index (χ1) is 8.97. The summed E-state index contributed by atoms with van der Waals surface area (Å²) in [5, 5.41) is 12.9. The smallest absolute Gasteiger partial charge is 0.255 e. The number of carbonyl (C=O) groups excluding carboxylic acids is 1. The normalized spacial score (nSPS) is 10.5. The summed E-state index contributed by atoms with van der Waals surface area (Å²) < 4.78 is 0. The van der Waals surface area contributed by atoms with E-state index in [1.165, 1.54) is 22.6 Å². The van der Waals surface area contributed by atoms with Crippen LogP contribution < -0.4 is 5.32 Å². The third-order valence-electron chi connectivity index (χ3n) is 2.84. The summed E-state index contributed by atoms with van der Waals surface area (Å²) in [6.45, 7) is 4.55. The van der Waals surface area contributed by atoms with Crippen molar-refractivity contribution in [2.24, 2.45) is 0 Å². The topological polar surface area (TPSA) is 49.3 Å². The lowest BCUT2D eigenvalue weighted by molar-refractivity contribution is 0.0948. The van der Waals surface area contributed by atoms with E-state index in [0.717, 1.165) is 4.88 Å². The SMILES string of the molecule is Cc1cc(CNC(=O)c2ccc(Cl)cc2O)sc1C. The highest BCUT2D eigenvalue weighted by atomic mass is 35.5. The molecule has 0 atom stereocenters.